The van der Waals surface area contributed by atoms with Gasteiger partial charge in [0.15, 0.2) is 6.61 Å². The maximum atomic E-state index is 11.8. The van der Waals surface area contributed by atoms with Crippen molar-refractivity contribution in [1.29, 1.82) is 0 Å². The van der Waals surface area contributed by atoms with Gasteiger partial charge in [-0.1, -0.05) is 30.3 Å². The summed E-state index contributed by atoms with van der Waals surface area (Å²) in [5, 5.41) is 3.94. The quantitative estimate of drug-likeness (QED) is 0.501. The molecule has 120 valence electrons. The number of nitrogens with zero attached hydrogens (tertiary/aromatic N) is 1. The molecule has 23 heavy (non-hydrogen) atoms. The van der Waals surface area contributed by atoms with Crippen molar-refractivity contribution in [2.75, 3.05) is 12.9 Å². The minimum absolute atomic E-state index is 0.0611. The topological polar surface area (TPSA) is 50.7 Å². The molecule has 1 amide bonds. The maximum absolute atomic E-state index is 11.8. The molecule has 0 radical (unpaired) electrons. The zero-order chi connectivity index (χ0) is 16.7. The highest BCUT2D eigenvalue weighted by atomic mass is 32.2. The average molecular weight is 328 g/mol. The van der Waals surface area contributed by atoms with Crippen molar-refractivity contribution in [3.8, 4) is 5.75 Å². The van der Waals surface area contributed by atoms with E-state index in [9.17, 15) is 4.79 Å². The molecule has 2 rings (SSSR count). The Labute approximate surface area is 140 Å². The summed E-state index contributed by atoms with van der Waals surface area (Å²) < 4.78 is 5.57. The van der Waals surface area contributed by atoms with E-state index in [0.717, 1.165) is 22.4 Å². The Balaban J connectivity index is 1.84. The molecule has 0 bridgehead atoms. The van der Waals surface area contributed by atoms with Crippen molar-refractivity contribution < 1.29 is 9.53 Å². The smallest absolute Gasteiger partial charge is 0.277 e. The standard InChI is InChI=1S/C18H20N2O2S/c1-13-5-4-6-14(2)18(13)22-12-17(21)20-19-11-15-7-9-16(23-3)10-8-15/h4-11H,12H2,1-3H3,(H,20,21)/b19-11+. The molecule has 0 atom stereocenters. The summed E-state index contributed by atoms with van der Waals surface area (Å²) in [4.78, 5) is 13.0. The van der Waals surface area contributed by atoms with Crippen LogP contribution in [0.15, 0.2) is 52.5 Å². The van der Waals surface area contributed by atoms with Crippen molar-refractivity contribution in [2.24, 2.45) is 5.10 Å². The molecule has 0 aliphatic carbocycles. The predicted octanol–water partition coefficient (Wildman–Crippen LogP) is 3.55. The second kappa shape index (κ2) is 8.39. The first-order chi connectivity index (χ1) is 11.1. The summed E-state index contributed by atoms with van der Waals surface area (Å²) in [6.07, 6.45) is 3.64. The number of aryl methyl sites for hydroxylation is 2. The van der Waals surface area contributed by atoms with Crippen LogP contribution in [0.5, 0.6) is 5.75 Å². The van der Waals surface area contributed by atoms with Gasteiger partial charge in [-0.3, -0.25) is 4.79 Å². The first-order valence-electron chi connectivity index (χ1n) is 7.25. The Bertz CT molecular complexity index is 676. The number of hydrogen-bond donors (Lipinski definition) is 1. The van der Waals surface area contributed by atoms with Crippen LogP contribution in [0.1, 0.15) is 16.7 Å². The van der Waals surface area contributed by atoms with E-state index in [-0.39, 0.29) is 12.5 Å². The van der Waals surface area contributed by atoms with E-state index < -0.39 is 0 Å². The van der Waals surface area contributed by atoms with Gasteiger partial charge in [0.2, 0.25) is 0 Å². The van der Waals surface area contributed by atoms with Gasteiger partial charge in [0.25, 0.3) is 5.91 Å². The van der Waals surface area contributed by atoms with Crippen molar-refractivity contribution in [3.05, 3.63) is 59.2 Å². The Kier molecular flexibility index (Phi) is 6.23. The predicted molar refractivity (Wildman–Crippen MR) is 95.4 cm³/mol. The van der Waals surface area contributed by atoms with Crippen LogP contribution in [-0.2, 0) is 4.79 Å². The molecule has 0 aromatic heterocycles. The Morgan fingerprint density at radius 2 is 1.83 bits per heavy atom. The Morgan fingerprint density at radius 1 is 1.17 bits per heavy atom. The van der Waals surface area contributed by atoms with Crippen molar-refractivity contribution in [1.82, 2.24) is 5.43 Å². The molecular formula is C18H20N2O2S. The second-order valence-corrected chi connectivity index (χ2v) is 5.96. The fourth-order valence-electron chi connectivity index (χ4n) is 2.07. The minimum atomic E-state index is -0.287. The number of benzene rings is 2. The van der Waals surface area contributed by atoms with Gasteiger partial charge in [0.1, 0.15) is 5.75 Å². The van der Waals surface area contributed by atoms with E-state index in [4.69, 9.17) is 4.74 Å². The van der Waals surface area contributed by atoms with Crippen LogP contribution in [0.2, 0.25) is 0 Å². The highest BCUT2D eigenvalue weighted by molar-refractivity contribution is 7.98. The van der Waals surface area contributed by atoms with Gasteiger partial charge >= 0.3 is 0 Å². The molecule has 0 spiro atoms. The van der Waals surface area contributed by atoms with Crippen LogP contribution in [-0.4, -0.2) is 25.0 Å². The summed E-state index contributed by atoms with van der Waals surface area (Å²) in [5.74, 6) is 0.462. The molecule has 0 aliphatic heterocycles. The van der Waals surface area contributed by atoms with Gasteiger partial charge < -0.3 is 4.74 Å². The molecule has 4 nitrogen and oxygen atoms in total. The first-order valence-corrected chi connectivity index (χ1v) is 8.47. The summed E-state index contributed by atoms with van der Waals surface area (Å²) in [6.45, 7) is 3.85. The number of rotatable bonds is 6. The van der Waals surface area contributed by atoms with Gasteiger partial charge in [0, 0.05) is 4.90 Å². The second-order valence-electron chi connectivity index (χ2n) is 5.08. The molecule has 2 aromatic carbocycles. The highest BCUT2D eigenvalue weighted by Crippen LogP contribution is 2.21. The third kappa shape index (κ3) is 5.14. The monoisotopic (exact) mass is 328 g/mol. The normalized spacial score (nSPS) is 10.7. The third-order valence-electron chi connectivity index (χ3n) is 3.28. The lowest BCUT2D eigenvalue weighted by molar-refractivity contribution is -0.123. The van der Waals surface area contributed by atoms with E-state index in [0.29, 0.717) is 0 Å². The number of thioether (sulfide) groups is 1. The minimum Gasteiger partial charge on any atom is -0.483 e. The van der Waals surface area contributed by atoms with Crippen LogP contribution >= 0.6 is 11.8 Å². The number of hydrogen-bond acceptors (Lipinski definition) is 4. The van der Waals surface area contributed by atoms with E-state index >= 15 is 0 Å². The summed E-state index contributed by atoms with van der Waals surface area (Å²) in [6, 6.07) is 13.8. The van der Waals surface area contributed by atoms with E-state index in [1.807, 2.05) is 62.6 Å². The van der Waals surface area contributed by atoms with E-state index in [1.165, 1.54) is 4.90 Å². The SMILES string of the molecule is CSc1ccc(/C=N/NC(=O)COc2c(C)cccc2C)cc1. The summed E-state index contributed by atoms with van der Waals surface area (Å²) >= 11 is 1.68. The van der Waals surface area contributed by atoms with Crippen molar-refractivity contribution >= 4 is 23.9 Å². The molecular weight excluding hydrogens is 308 g/mol. The van der Waals surface area contributed by atoms with Gasteiger partial charge in [-0.15, -0.1) is 11.8 Å². The molecule has 0 heterocycles. The summed E-state index contributed by atoms with van der Waals surface area (Å²) in [7, 11) is 0. The fraction of sp³-hybridized carbons (Fsp3) is 0.222. The van der Waals surface area contributed by atoms with Gasteiger partial charge in [-0.25, -0.2) is 5.43 Å². The molecule has 5 heteroatoms. The van der Waals surface area contributed by atoms with Crippen LogP contribution in [0.4, 0.5) is 0 Å². The van der Waals surface area contributed by atoms with Crippen LogP contribution < -0.4 is 10.2 Å². The Morgan fingerprint density at radius 3 is 2.43 bits per heavy atom. The lowest BCUT2D eigenvalue weighted by Crippen LogP contribution is -2.25. The molecule has 0 saturated heterocycles. The van der Waals surface area contributed by atoms with Gasteiger partial charge in [0.05, 0.1) is 6.21 Å². The van der Waals surface area contributed by atoms with Gasteiger partial charge in [-0.2, -0.15) is 5.10 Å². The molecule has 2 aromatic rings. The maximum Gasteiger partial charge on any atom is 0.277 e. The van der Waals surface area contributed by atoms with Crippen molar-refractivity contribution in [2.45, 2.75) is 18.7 Å². The van der Waals surface area contributed by atoms with Crippen LogP contribution in [0.25, 0.3) is 0 Å². The van der Waals surface area contributed by atoms with E-state index in [2.05, 4.69) is 10.5 Å². The molecule has 0 aliphatic rings. The number of carbonyl (C=O) groups is 1. The lowest BCUT2D eigenvalue weighted by atomic mass is 10.1. The Hall–Kier alpha value is -2.27. The summed E-state index contributed by atoms with van der Waals surface area (Å²) in [5.41, 5.74) is 5.42. The lowest BCUT2D eigenvalue weighted by Gasteiger charge is -2.10. The largest absolute Gasteiger partial charge is 0.483 e. The van der Waals surface area contributed by atoms with Gasteiger partial charge in [-0.05, 0) is 48.9 Å². The molecule has 0 fully saturated rings. The number of ether oxygens (including phenoxy) is 1. The first kappa shape index (κ1) is 17.1. The molecule has 1 N–H and O–H groups in total. The van der Waals surface area contributed by atoms with Crippen molar-refractivity contribution in [3.63, 3.8) is 0 Å². The zero-order valence-electron chi connectivity index (χ0n) is 13.5. The molecule has 0 unspecified atom stereocenters. The number of amides is 1. The number of carbonyl (C=O) groups excluding carboxylic acids is 1. The fourth-order valence-corrected chi connectivity index (χ4v) is 2.47. The number of hydrazone groups is 1. The number of para-hydroxylation sites is 1. The molecule has 0 saturated carbocycles. The van der Waals surface area contributed by atoms with E-state index in [1.54, 1.807) is 18.0 Å². The van der Waals surface area contributed by atoms with Crippen LogP contribution in [0, 0.1) is 13.8 Å². The third-order valence-corrected chi connectivity index (χ3v) is 4.02. The van der Waals surface area contributed by atoms with Crippen LogP contribution in [0.3, 0.4) is 0 Å². The zero-order valence-corrected chi connectivity index (χ0v) is 14.3. The number of nitrogens with one attached hydrogen (secondary N) is 1. The average Bonchev–Trinajstić information content (AvgIpc) is 2.55. The highest BCUT2D eigenvalue weighted by Gasteiger charge is 2.06.